The fourth-order valence-electron chi connectivity index (χ4n) is 3.27. The third kappa shape index (κ3) is 4.37. The molecule has 28 heavy (non-hydrogen) atoms. The molecule has 5 nitrogen and oxygen atoms in total. The maximum Gasteiger partial charge on any atom is 0.161 e. The minimum atomic E-state index is -0.562. The Kier molecular flexibility index (Phi) is 6.71. The van der Waals surface area contributed by atoms with Gasteiger partial charge in [0.05, 0.1) is 24.8 Å². The molecule has 1 atom stereocenters. The molecule has 2 aromatic carbocycles. The fraction of sp³-hybridized carbons (Fsp3) is 0.348. The Balaban J connectivity index is 1.69. The van der Waals surface area contributed by atoms with Crippen LogP contribution in [0.2, 0.25) is 0 Å². The smallest absolute Gasteiger partial charge is 0.161 e. The van der Waals surface area contributed by atoms with Gasteiger partial charge >= 0.3 is 0 Å². The van der Waals surface area contributed by atoms with E-state index in [0.29, 0.717) is 13.0 Å². The maximum atomic E-state index is 10.3. The minimum Gasteiger partial charge on any atom is -0.493 e. The van der Waals surface area contributed by atoms with Crippen molar-refractivity contribution in [2.24, 2.45) is 0 Å². The van der Waals surface area contributed by atoms with Gasteiger partial charge in [-0.05, 0) is 49.6 Å². The number of fused-ring (bicyclic) bond motifs is 1. The highest BCUT2D eigenvalue weighted by atomic mass is 16.5. The molecule has 0 amide bonds. The average molecular weight is 380 g/mol. The number of hydrogen-bond donors (Lipinski definition) is 1. The average Bonchev–Trinajstić information content (AvgIpc) is 3.10. The first-order valence-corrected chi connectivity index (χ1v) is 9.74. The molecule has 1 heterocycles. The number of aryl methyl sites for hydroxylation is 1. The number of aliphatic hydroxyl groups excluding tert-OH is 1. The lowest BCUT2D eigenvalue weighted by Gasteiger charge is -2.14. The highest BCUT2D eigenvalue weighted by molar-refractivity contribution is 5.76. The van der Waals surface area contributed by atoms with Crippen LogP contribution >= 0.6 is 0 Å². The molecule has 0 radical (unpaired) electrons. The van der Waals surface area contributed by atoms with Gasteiger partial charge in [0.25, 0.3) is 0 Å². The monoisotopic (exact) mass is 380 g/mol. The zero-order valence-electron chi connectivity index (χ0n) is 16.8. The molecule has 0 aliphatic rings. The largest absolute Gasteiger partial charge is 0.493 e. The van der Waals surface area contributed by atoms with E-state index >= 15 is 0 Å². The molecule has 3 rings (SSSR count). The number of nitrogens with zero attached hydrogens (tertiary/aromatic N) is 2. The van der Waals surface area contributed by atoms with Gasteiger partial charge in [-0.2, -0.15) is 0 Å². The summed E-state index contributed by atoms with van der Waals surface area (Å²) < 4.78 is 13.5. The molecule has 1 aromatic heterocycles. The van der Waals surface area contributed by atoms with Crippen LogP contribution in [0, 0.1) is 0 Å². The Bertz CT molecular complexity index is 946. The molecule has 1 N–H and O–H groups in total. The van der Waals surface area contributed by atoms with Gasteiger partial charge < -0.3 is 19.1 Å². The number of benzene rings is 2. The van der Waals surface area contributed by atoms with Crippen molar-refractivity contribution in [2.45, 2.75) is 39.3 Å². The lowest BCUT2D eigenvalue weighted by Crippen LogP contribution is -2.11. The van der Waals surface area contributed by atoms with Crippen LogP contribution in [0.25, 0.3) is 17.1 Å². The summed E-state index contributed by atoms with van der Waals surface area (Å²) in [5.74, 6) is 2.18. The van der Waals surface area contributed by atoms with E-state index in [0.717, 1.165) is 46.9 Å². The summed E-state index contributed by atoms with van der Waals surface area (Å²) >= 11 is 0. The van der Waals surface area contributed by atoms with E-state index in [1.54, 1.807) is 7.11 Å². The Morgan fingerprint density at radius 2 is 2.00 bits per heavy atom. The molecule has 0 fully saturated rings. The predicted octanol–water partition coefficient (Wildman–Crippen LogP) is 4.99. The molecule has 0 bridgehead atoms. The maximum absolute atomic E-state index is 10.3. The van der Waals surface area contributed by atoms with E-state index in [-0.39, 0.29) is 0 Å². The summed E-state index contributed by atoms with van der Waals surface area (Å²) in [4.78, 5) is 4.62. The van der Waals surface area contributed by atoms with Crippen molar-refractivity contribution in [1.82, 2.24) is 9.55 Å². The van der Waals surface area contributed by atoms with Gasteiger partial charge in [-0.3, -0.25) is 0 Å². The number of imidazole rings is 1. The summed E-state index contributed by atoms with van der Waals surface area (Å²) in [7, 11) is 1.65. The van der Waals surface area contributed by atoms with E-state index in [9.17, 15) is 5.11 Å². The highest BCUT2D eigenvalue weighted by Crippen LogP contribution is 2.29. The molecular formula is C23H28N2O3. The van der Waals surface area contributed by atoms with Crippen LogP contribution in [0.5, 0.6) is 11.5 Å². The SMILES string of the molecule is CC=Cc1ccc(OCCCn2c(C(O)CC)nc3ccccc32)c(OC)c1. The van der Waals surface area contributed by atoms with E-state index in [1.807, 2.05) is 68.5 Å². The summed E-state index contributed by atoms with van der Waals surface area (Å²) in [6, 6.07) is 13.9. The van der Waals surface area contributed by atoms with Gasteiger partial charge in [0.2, 0.25) is 0 Å². The van der Waals surface area contributed by atoms with Gasteiger partial charge in [-0.15, -0.1) is 0 Å². The van der Waals surface area contributed by atoms with Gasteiger partial charge in [0, 0.05) is 6.54 Å². The Morgan fingerprint density at radius 3 is 2.75 bits per heavy atom. The first-order chi connectivity index (χ1) is 13.7. The van der Waals surface area contributed by atoms with Crippen molar-refractivity contribution < 1.29 is 14.6 Å². The third-order valence-corrected chi connectivity index (χ3v) is 4.70. The molecule has 0 aliphatic carbocycles. The Labute approximate surface area is 166 Å². The van der Waals surface area contributed by atoms with Crippen LogP contribution < -0.4 is 9.47 Å². The minimum absolute atomic E-state index is 0.549. The van der Waals surface area contributed by atoms with E-state index in [2.05, 4.69) is 9.55 Å². The summed E-state index contributed by atoms with van der Waals surface area (Å²) in [5.41, 5.74) is 3.03. The second kappa shape index (κ2) is 9.42. The highest BCUT2D eigenvalue weighted by Gasteiger charge is 2.16. The van der Waals surface area contributed by atoms with Crippen molar-refractivity contribution in [3.63, 3.8) is 0 Å². The van der Waals surface area contributed by atoms with E-state index in [1.165, 1.54) is 0 Å². The summed E-state index contributed by atoms with van der Waals surface area (Å²) in [6.45, 7) is 5.22. The molecule has 0 saturated carbocycles. The second-order valence-corrected chi connectivity index (χ2v) is 6.65. The number of methoxy groups -OCH3 is 1. The molecule has 148 valence electrons. The van der Waals surface area contributed by atoms with Crippen molar-refractivity contribution in [2.75, 3.05) is 13.7 Å². The van der Waals surface area contributed by atoms with Crippen LogP contribution in [-0.2, 0) is 6.54 Å². The number of allylic oxidation sites excluding steroid dienone is 1. The predicted molar refractivity (Wildman–Crippen MR) is 113 cm³/mol. The normalized spacial score (nSPS) is 12.6. The van der Waals surface area contributed by atoms with E-state index < -0.39 is 6.10 Å². The molecule has 3 aromatic rings. The summed E-state index contributed by atoms with van der Waals surface area (Å²) in [6.07, 6.45) is 4.89. The van der Waals surface area contributed by atoms with Crippen LogP contribution in [0.15, 0.2) is 48.5 Å². The lowest BCUT2D eigenvalue weighted by atomic mass is 10.2. The number of aliphatic hydroxyl groups is 1. The van der Waals surface area contributed by atoms with Crippen molar-refractivity contribution in [3.8, 4) is 11.5 Å². The molecular weight excluding hydrogens is 352 g/mol. The van der Waals surface area contributed by atoms with Crippen molar-refractivity contribution >= 4 is 17.1 Å². The van der Waals surface area contributed by atoms with Gasteiger partial charge in [-0.1, -0.05) is 37.3 Å². The number of hydrogen-bond acceptors (Lipinski definition) is 4. The quantitative estimate of drug-likeness (QED) is 0.531. The molecule has 1 unspecified atom stereocenters. The number of aromatic nitrogens is 2. The first-order valence-electron chi connectivity index (χ1n) is 9.74. The summed E-state index contributed by atoms with van der Waals surface area (Å²) in [5, 5.41) is 10.3. The standard InChI is InChI=1S/C23H28N2O3/c1-4-9-17-12-13-21(22(16-17)27-3)28-15-8-14-25-19-11-7-6-10-18(19)24-23(25)20(26)5-2/h4,6-7,9-13,16,20,26H,5,8,14-15H2,1-3H3. The topological polar surface area (TPSA) is 56.5 Å². The number of ether oxygens (including phenoxy) is 2. The zero-order chi connectivity index (χ0) is 19.9. The van der Waals surface area contributed by atoms with Gasteiger partial charge in [0.15, 0.2) is 11.5 Å². The fourth-order valence-corrected chi connectivity index (χ4v) is 3.27. The molecule has 0 spiro atoms. The van der Waals surface area contributed by atoms with Crippen molar-refractivity contribution in [1.29, 1.82) is 0 Å². The van der Waals surface area contributed by atoms with E-state index in [4.69, 9.17) is 9.47 Å². The van der Waals surface area contributed by atoms with Crippen LogP contribution in [0.3, 0.4) is 0 Å². The molecule has 5 heteroatoms. The second-order valence-electron chi connectivity index (χ2n) is 6.65. The zero-order valence-corrected chi connectivity index (χ0v) is 16.8. The van der Waals surface area contributed by atoms with Crippen LogP contribution in [0.4, 0.5) is 0 Å². The lowest BCUT2D eigenvalue weighted by molar-refractivity contribution is 0.158. The van der Waals surface area contributed by atoms with Gasteiger partial charge in [-0.25, -0.2) is 4.98 Å². The third-order valence-electron chi connectivity index (χ3n) is 4.70. The number of rotatable bonds is 9. The first kappa shape index (κ1) is 20.0. The van der Waals surface area contributed by atoms with Gasteiger partial charge in [0.1, 0.15) is 11.9 Å². The molecule has 0 saturated heterocycles. The number of para-hydroxylation sites is 2. The van der Waals surface area contributed by atoms with Crippen LogP contribution in [-0.4, -0.2) is 28.4 Å². The van der Waals surface area contributed by atoms with Crippen LogP contribution in [0.1, 0.15) is 44.2 Å². The Hall–Kier alpha value is -2.79. The van der Waals surface area contributed by atoms with Crippen molar-refractivity contribution in [3.05, 3.63) is 59.9 Å². The Morgan fingerprint density at radius 1 is 1.18 bits per heavy atom. The molecule has 0 aliphatic heterocycles.